The number of nitrogens with zero attached hydrogens (tertiary/aromatic N) is 1. The molecule has 2 atom stereocenters. The molecule has 32 heavy (non-hydrogen) atoms. The van der Waals surface area contributed by atoms with Crippen LogP contribution in [0.4, 0.5) is 0 Å². The van der Waals surface area contributed by atoms with Crippen molar-refractivity contribution in [2.45, 2.75) is 25.4 Å². The molecule has 2 aromatic carbocycles. The lowest BCUT2D eigenvalue weighted by molar-refractivity contribution is -0.123. The Labute approximate surface area is 187 Å². The van der Waals surface area contributed by atoms with Gasteiger partial charge in [0.15, 0.2) is 6.79 Å². The first-order valence-electron chi connectivity index (χ1n) is 10.1. The standard InChI is InChI=1S/C22H26N3O6S/c1-3-30-14-31-16-8-6-7-15(13-16)19(11-12-24-32(2,28)29)25-20(21(23)26)17-9-4-5-10-18(17)22(25)27/h4-9,13,19-20,24H,3,11-12,14H2,1-2H3,(H2,23,26). The predicted molar refractivity (Wildman–Crippen MR) is 117 cm³/mol. The Balaban J connectivity index is 1.98. The lowest BCUT2D eigenvalue weighted by atomic mass is 9.99. The molecule has 3 N–H and O–H groups in total. The van der Waals surface area contributed by atoms with Crippen molar-refractivity contribution in [2.75, 3.05) is 26.2 Å². The summed E-state index contributed by atoms with van der Waals surface area (Å²) in [5.74, 6) is -0.556. The number of amides is 2. The van der Waals surface area contributed by atoms with Gasteiger partial charge in [-0.05, 0) is 42.7 Å². The van der Waals surface area contributed by atoms with Gasteiger partial charge in [0.1, 0.15) is 11.8 Å². The van der Waals surface area contributed by atoms with E-state index >= 15 is 0 Å². The second-order valence-electron chi connectivity index (χ2n) is 7.32. The number of benzene rings is 2. The zero-order chi connectivity index (χ0) is 23.3. The number of primary amides is 1. The maximum Gasteiger partial charge on any atom is 0.256 e. The highest BCUT2D eigenvalue weighted by atomic mass is 32.2. The Morgan fingerprint density at radius 3 is 2.78 bits per heavy atom. The third-order valence-corrected chi connectivity index (χ3v) is 5.78. The highest BCUT2D eigenvalue weighted by Gasteiger charge is 2.44. The second kappa shape index (κ2) is 10.1. The van der Waals surface area contributed by atoms with Gasteiger partial charge >= 0.3 is 0 Å². The van der Waals surface area contributed by atoms with Crippen LogP contribution >= 0.6 is 0 Å². The largest absolute Gasteiger partial charge is 0.468 e. The van der Waals surface area contributed by atoms with E-state index in [4.69, 9.17) is 15.2 Å². The van der Waals surface area contributed by atoms with Gasteiger partial charge in [0.05, 0.1) is 17.9 Å². The molecule has 10 heteroatoms. The number of fused-ring (bicyclic) bond motifs is 1. The van der Waals surface area contributed by atoms with E-state index in [0.29, 0.717) is 23.5 Å². The van der Waals surface area contributed by atoms with Gasteiger partial charge < -0.3 is 20.1 Å². The fourth-order valence-corrected chi connectivity index (χ4v) is 4.21. The summed E-state index contributed by atoms with van der Waals surface area (Å²) in [7, 11) is -3.44. The van der Waals surface area contributed by atoms with Gasteiger partial charge in [0.25, 0.3) is 5.91 Å². The summed E-state index contributed by atoms with van der Waals surface area (Å²) in [5, 5.41) is 0. The average Bonchev–Trinajstić information content (AvgIpc) is 3.04. The lowest BCUT2D eigenvalue weighted by Crippen LogP contribution is -2.40. The van der Waals surface area contributed by atoms with Crippen LogP contribution in [0.25, 0.3) is 0 Å². The summed E-state index contributed by atoms with van der Waals surface area (Å²) in [4.78, 5) is 27.1. The number of sulfonamides is 1. The van der Waals surface area contributed by atoms with E-state index in [2.05, 4.69) is 10.8 Å². The smallest absolute Gasteiger partial charge is 0.256 e. The summed E-state index contributed by atoms with van der Waals surface area (Å²) in [6, 6.07) is 13.2. The summed E-state index contributed by atoms with van der Waals surface area (Å²) in [6.07, 6.45) is 1.27. The van der Waals surface area contributed by atoms with Crippen molar-refractivity contribution in [1.82, 2.24) is 9.62 Å². The van der Waals surface area contributed by atoms with E-state index < -0.39 is 33.9 Å². The molecule has 1 aliphatic heterocycles. The van der Waals surface area contributed by atoms with E-state index in [1.54, 1.807) is 42.5 Å². The molecule has 171 valence electrons. The van der Waals surface area contributed by atoms with E-state index in [1.807, 2.05) is 6.92 Å². The number of ether oxygens (including phenoxy) is 2. The molecule has 1 radical (unpaired) electrons. The Morgan fingerprint density at radius 1 is 1.31 bits per heavy atom. The predicted octanol–water partition coefficient (Wildman–Crippen LogP) is 1.52. The first-order chi connectivity index (χ1) is 15.2. The van der Waals surface area contributed by atoms with Crippen LogP contribution in [0.3, 0.4) is 0 Å². The van der Waals surface area contributed by atoms with Gasteiger partial charge in [-0.15, -0.1) is 0 Å². The lowest BCUT2D eigenvalue weighted by Gasteiger charge is -2.33. The van der Waals surface area contributed by atoms with E-state index in [1.165, 1.54) is 4.90 Å². The zero-order valence-corrected chi connectivity index (χ0v) is 18.7. The van der Waals surface area contributed by atoms with E-state index in [9.17, 15) is 18.0 Å². The van der Waals surface area contributed by atoms with Crippen molar-refractivity contribution in [3.8, 4) is 5.75 Å². The summed E-state index contributed by atoms with van der Waals surface area (Å²) < 4.78 is 36.4. The number of carbonyl (C=O) groups is 2. The number of nitrogens with two attached hydrogens (primary N) is 1. The van der Waals surface area contributed by atoms with Gasteiger partial charge in [0, 0.05) is 13.2 Å². The first kappa shape index (κ1) is 23.7. The maximum absolute atomic E-state index is 13.3. The minimum atomic E-state index is -3.44. The minimum absolute atomic E-state index is 0.0584. The molecule has 0 bridgehead atoms. The second-order valence-corrected chi connectivity index (χ2v) is 9.15. The highest BCUT2D eigenvalue weighted by molar-refractivity contribution is 7.88. The number of rotatable bonds is 11. The molecule has 0 spiro atoms. The Hall–Kier alpha value is -2.95. The molecule has 0 aliphatic carbocycles. The average molecular weight is 461 g/mol. The van der Waals surface area contributed by atoms with Crippen molar-refractivity contribution in [3.63, 3.8) is 0 Å². The molecule has 0 aromatic heterocycles. The van der Waals surface area contributed by atoms with Crippen LogP contribution in [0.2, 0.25) is 0 Å². The van der Waals surface area contributed by atoms with Gasteiger partial charge in [-0.2, -0.15) is 0 Å². The third kappa shape index (κ3) is 5.45. The molecule has 0 saturated carbocycles. The molecule has 0 saturated heterocycles. The zero-order valence-electron chi connectivity index (χ0n) is 17.9. The van der Waals surface area contributed by atoms with Crippen molar-refractivity contribution in [1.29, 1.82) is 0 Å². The molecule has 1 heterocycles. The maximum atomic E-state index is 13.3. The molecular weight excluding hydrogens is 434 g/mol. The van der Waals surface area contributed by atoms with Crippen LogP contribution in [0.15, 0.2) is 42.5 Å². The van der Waals surface area contributed by atoms with Crippen molar-refractivity contribution in [3.05, 3.63) is 65.2 Å². The summed E-state index contributed by atoms with van der Waals surface area (Å²) in [5.41, 5.74) is 7.12. The number of hydrogen-bond donors (Lipinski definition) is 2. The number of nitrogens with one attached hydrogen (secondary N) is 1. The molecule has 9 nitrogen and oxygen atoms in total. The quantitative estimate of drug-likeness (QED) is 0.387. The van der Waals surface area contributed by atoms with Crippen molar-refractivity contribution >= 4 is 21.8 Å². The molecule has 0 fully saturated rings. The first-order valence-corrected chi connectivity index (χ1v) is 12.0. The Bertz CT molecular complexity index is 1090. The van der Waals surface area contributed by atoms with Gasteiger partial charge in [0.2, 0.25) is 15.9 Å². The van der Waals surface area contributed by atoms with Crippen molar-refractivity contribution in [2.24, 2.45) is 5.73 Å². The summed E-state index contributed by atoms with van der Waals surface area (Å²) >= 11 is 0. The van der Waals surface area contributed by atoms with Crippen molar-refractivity contribution < 1.29 is 27.5 Å². The molecule has 1 aliphatic rings. The summed E-state index contributed by atoms with van der Waals surface area (Å²) in [6.45, 7) is 2.47. The SMILES string of the molecule is CCOCOc1cccc(C(CCNS(C)(=O)=O)N2C(=O)c3[c]cccc3C2C(N)=O)c1. The molecule has 2 aromatic rings. The van der Waals surface area contributed by atoms with Crippen LogP contribution in [-0.4, -0.2) is 51.3 Å². The molecule has 2 amide bonds. The van der Waals surface area contributed by atoms with Crippen LogP contribution in [0, 0.1) is 6.07 Å². The number of carbonyl (C=O) groups excluding carboxylic acids is 2. The third-order valence-electron chi connectivity index (χ3n) is 5.05. The van der Waals surface area contributed by atoms with Gasteiger partial charge in [-0.3, -0.25) is 9.59 Å². The topological polar surface area (TPSA) is 128 Å². The Kier molecular flexibility index (Phi) is 7.49. The van der Waals surface area contributed by atoms with E-state index in [-0.39, 0.29) is 25.3 Å². The van der Waals surface area contributed by atoms with Crippen LogP contribution < -0.4 is 15.2 Å². The Morgan fingerprint density at radius 2 is 2.09 bits per heavy atom. The van der Waals surface area contributed by atoms with Gasteiger partial charge in [-0.1, -0.05) is 30.3 Å². The fourth-order valence-electron chi connectivity index (χ4n) is 3.72. The van der Waals surface area contributed by atoms with Crippen LogP contribution in [-0.2, 0) is 19.6 Å². The molecule has 3 rings (SSSR count). The molecule has 2 unspecified atom stereocenters. The van der Waals surface area contributed by atoms with Crippen LogP contribution in [0.5, 0.6) is 5.75 Å². The normalized spacial score (nSPS) is 16.6. The van der Waals surface area contributed by atoms with E-state index in [0.717, 1.165) is 6.26 Å². The van der Waals surface area contributed by atoms with Crippen LogP contribution in [0.1, 0.15) is 46.9 Å². The number of hydrogen-bond acceptors (Lipinski definition) is 6. The van der Waals surface area contributed by atoms with Gasteiger partial charge in [-0.25, -0.2) is 13.1 Å². The minimum Gasteiger partial charge on any atom is -0.468 e. The monoisotopic (exact) mass is 460 g/mol. The highest BCUT2D eigenvalue weighted by Crippen LogP contribution is 2.41. The molecular formula is C22H26N3O6S. The fraction of sp³-hybridized carbons (Fsp3) is 0.364.